The Morgan fingerprint density at radius 1 is 1.55 bits per heavy atom. The Kier molecular flexibility index (Phi) is 2.69. The molecule has 5 heteroatoms. The molecular formula is C6H7N3OS. The molecule has 0 bridgehead atoms. The number of nitrogens with zero attached hydrogens (tertiary/aromatic N) is 2. The topological polar surface area (TPSA) is 47.0 Å². The first-order valence-corrected chi connectivity index (χ1v) is 3.66. The first kappa shape index (κ1) is 7.82. The zero-order valence-electron chi connectivity index (χ0n) is 6.21. The molecule has 0 aliphatic carbocycles. The molecule has 0 saturated heterocycles. The van der Waals surface area contributed by atoms with E-state index in [-0.39, 0.29) is 0 Å². The van der Waals surface area contributed by atoms with Crippen LogP contribution in [-0.2, 0) is 0 Å². The molecule has 0 amide bonds. The average molecular weight is 169 g/mol. The Balaban J connectivity index is 2.73. The molecule has 0 fully saturated rings. The highest BCUT2D eigenvalue weighted by molar-refractivity contribution is 6.99. The van der Waals surface area contributed by atoms with Crippen LogP contribution in [0.15, 0.2) is 0 Å². The van der Waals surface area contributed by atoms with Gasteiger partial charge >= 0.3 is 0 Å². The quantitative estimate of drug-likeness (QED) is 0.528. The number of rotatable bonds is 2. The lowest BCUT2D eigenvalue weighted by molar-refractivity contribution is 0.404. The van der Waals surface area contributed by atoms with Gasteiger partial charge in [-0.2, -0.15) is 4.37 Å². The Morgan fingerprint density at radius 2 is 2.36 bits per heavy atom. The second kappa shape index (κ2) is 3.78. The maximum absolute atomic E-state index is 4.89. The molecular weight excluding hydrogens is 162 g/mol. The van der Waals surface area contributed by atoms with E-state index in [1.807, 2.05) is 0 Å². The molecule has 0 radical (unpaired) electrons. The van der Waals surface area contributed by atoms with Gasteiger partial charge in [0.15, 0.2) is 0 Å². The van der Waals surface area contributed by atoms with E-state index in [1.165, 1.54) is 0 Å². The smallest absolute Gasteiger partial charge is 0.271 e. The van der Waals surface area contributed by atoms with Crippen molar-refractivity contribution in [3.63, 3.8) is 0 Å². The van der Waals surface area contributed by atoms with E-state index in [0.29, 0.717) is 11.7 Å². The third-order valence-corrected chi connectivity index (χ3v) is 1.47. The highest BCUT2D eigenvalue weighted by atomic mass is 32.1. The van der Waals surface area contributed by atoms with Crippen molar-refractivity contribution in [3.8, 4) is 17.8 Å². The summed E-state index contributed by atoms with van der Waals surface area (Å²) in [5.74, 6) is 3.74. The van der Waals surface area contributed by atoms with Crippen LogP contribution in [0.1, 0.15) is 6.92 Å². The summed E-state index contributed by atoms with van der Waals surface area (Å²) in [7, 11) is 1.54. The number of anilines is 1. The summed E-state index contributed by atoms with van der Waals surface area (Å²) in [6, 6.07) is 2.65. The molecule has 0 aliphatic heterocycles. The maximum atomic E-state index is 4.89. The number of aromatic nitrogens is 2. The van der Waals surface area contributed by atoms with E-state index in [1.54, 1.807) is 14.0 Å². The average Bonchev–Trinajstić information content (AvgIpc) is 2.47. The van der Waals surface area contributed by atoms with E-state index < -0.39 is 0 Å². The Bertz CT molecular complexity index is 286. The fraction of sp³-hybridized carbons (Fsp3) is 0.333. The molecule has 1 heterocycles. The minimum Gasteiger partial charge on any atom is -0.478 e. The summed E-state index contributed by atoms with van der Waals surface area (Å²) >= 11 is 1.09. The lowest BCUT2D eigenvalue weighted by Crippen LogP contribution is -1.91. The van der Waals surface area contributed by atoms with E-state index in [9.17, 15) is 0 Å². The van der Waals surface area contributed by atoms with Crippen molar-refractivity contribution < 1.29 is 4.74 Å². The van der Waals surface area contributed by atoms with Gasteiger partial charge in [-0.05, 0) is 6.92 Å². The van der Waals surface area contributed by atoms with Gasteiger partial charge in [0, 0.05) is 6.04 Å². The summed E-state index contributed by atoms with van der Waals surface area (Å²) < 4.78 is 12.7. The number of methoxy groups -OCH3 is 1. The van der Waals surface area contributed by atoms with E-state index in [2.05, 4.69) is 26.0 Å². The summed E-state index contributed by atoms with van der Waals surface area (Å²) in [5, 5.41) is 2.74. The molecule has 4 nitrogen and oxygen atoms in total. The van der Waals surface area contributed by atoms with Crippen molar-refractivity contribution in [2.24, 2.45) is 0 Å². The fourth-order valence-electron chi connectivity index (χ4n) is 0.513. The lowest BCUT2D eigenvalue weighted by atomic mass is 10.6. The van der Waals surface area contributed by atoms with Crippen LogP contribution >= 0.6 is 11.7 Å². The number of hydrogen-bond donors (Lipinski definition) is 1. The second-order valence-electron chi connectivity index (χ2n) is 1.62. The minimum atomic E-state index is 0.484. The van der Waals surface area contributed by atoms with E-state index in [0.717, 1.165) is 11.7 Å². The number of nitrogens with one attached hydrogen (secondary N) is 1. The van der Waals surface area contributed by atoms with Crippen LogP contribution in [0.25, 0.3) is 0 Å². The van der Waals surface area contributed by atoms with Crippen molar-refractivity contribution in [1.82, 2.24) is 8.75 Å². The molecule has 0 saturated carbocycles. The van der Waals surface area contributed by atoms with Gasteiger partial charge in [0.2, 0.25) is 5.82 Å². The first-order valence-electron chi connectivity index (χ1n) is 2.92. The lowest BCUT2D eigenvalue weighted by Gasteiger charge is -1.94. The zero-order valence-corrected chi connectivity index (χ0v) is 7.03. The fourth-order valence-corrected chi connectivity index (χ4v) is 0.994. The summed E-state index contributed by atoms with van der Waals surface area (Å²) in [4.78, 5) is 0. The molecule has 1 N–H and O–H groups in total. The molecule has 0 aromatic carbocycles. The normalized spacial score (nSPS) is 8.18. The molecule has 1 aromatic rings. The zero-order chi connectivity index (χ0) is 8.10. The second-order valence-corrected chi connectivity index (χ2v) is 2.15. The van der Waals surface area contributed by atoms with Crippen LogP contribution in [0.2, 0.25) is 0 Å². The van der Waals surface area contributed by atoms with Gasteiger partial charge in [-0.25, -0.2) is 0 Å². The van der Waals surface area contributed by atoms with E-state index >= 15 is 0 Å². The van der Waals surface area contributed by atoms with Crippen molar-refractivity contribution in [2.75, 3.05) is 12.4 Å². The van der Waals surface area contributed by atoms with Gasteiger partial charge in [0.25, 0.3) is 5.88 Å². The van der Waals surface area contributed by atoms with Crippen molar-refractivity contribution in [3.05, 3.63) is 0 Å². The van der Waals surface area contributed by atoms with Gasteiger partial charge in [-0.3, -0.25) is 5.32 Å². The minimum absolute atomic E-state index is 0.484. The number of ether oxygens (including phenoxy) is 1. The summed E-state index contributed by atoms with van der Waals surface area (Å²) in [6.45, 7) is 1.74. The summed E-state index contributed by atoms with van der Waals surface area (Å²) in [5.41, 5.74) is 0. The van der Waals surface area contributed by atoms with Crippen LogP contribution < -0.4 is 10.1 Å². The molecule has 1 aromatic heterocycles. The molecule has 0 aliphatic rings. The van der Waals surface area contributed by atoms with Crippen molar-refractivity contribution in [2.45, 2.75) is 6.92 Å². The third-order valence-electron chi connectivity index (χ3n) is 0.958. The molecule has 0 spiro atoms. The summed E-state index contributed by atoms with van der Waals surface area (Å²) in [6.07, 6.45) is 0. The predicted molar refractivity (Wildman–Crippen MR) is 43.5 cm³/mol. The van der Waals surface area contributed by atoms with Gasteiger partial charge in [-0.15, -0.1) is 4.37 Å². The monoisotopic (exact) mass is 169 g/mol. The van der Waals surface area contributed by atoms with Gasteiger partial charge < -0.3 is 4.74 Å². The van der Waals surface area contributed by atoms with Gasteiger partial charge in [0.1, 0.15) is 0 Å². The first-order chi connectivity index (χ1) is 5.38. The Labute approximate surface area is 68.9 Å². The van der Waals surface area contributed by atoms with Crippen LogP contribution in [0, 0.1) is 12.0 Å². The third kappa shape index (κ3) is 1.82. The maximum Gasteiger partial charge on any atom is 0.271 e. The largest absolute Gasteiger partial charge is 0.478 e. The highest BCUT2D eigenvalue weighted by Crippen LogP contribution is 2.19. The SMILES string of the molecule is CC#CNc1nsnc1OC. The Hall–Kier alpha value is -1.28. The number of hydrogen-bond acceptors (Lipinski definition) is 5. The molecule has 58 valence electrons. The van der Waals surface area contributed by atoms with Crippen LogP contribution in [-0.4, -0.2) is 15.9 Å². The Morgan fingerprint density at radius 3 is 3.00 bits per heavy atom. The molecule has 1 rings (SSSR count). The van der Waals surface area contributed by atoms with Crippen LogP contribution in [0.3, 0.4) is 0 Å². The van der Waals surface area contributed by atoms with Crippen LogP contribution in [0.5, 0.6) is 5.88 Å². The van der Waals surface area contributed by atoms with Crippen molar-refractivity contribution >= 4 is 17.5 Å². The van der Waals surface area contributed by atoms with Crippen molar-refractivity contribution in [1.29, 1.82) is 0 Å². The molecule has 11 heavy (non-hydrogen) atoms. The molecule has 0 unspecified atom stereocenters. The highest BCUT2D eigenvalue weighted by Gasteiger charge is 2.04. The predicted octanol–water partition coefficient (Wildman–Crippen LogP) is 0.939. The van der Waals surface area contributed by atoms with Gasteiger partial charge in [-0.1, -0.05) is 5.92 Å². The van der Waals surface area contributed by atoms with Crippen LogP contribution in [0.4, 0.5) is 5.82 Å². The standard InChI is InChI=1S/C6H7N3OS/c1-3-4-7-5-6(10-2)9-11-8-5/h1-2H3,(H,7,8). The van der Waals surface area contributed by atoms with E-state index in [4.69, 9.17) is 4.74 Å². The molecule has 0 atom stereocenters. The van der Waals surface area contributed by atoms with Gasteiger partial charge in [0.05, 0.1) is 18.8 Å².